The van der Waals surface area contributed by atoms with Crippen LogP contribution < -0.4 is 5.73 Å². The Morgan fingerprint density at radius 1 is 1.31 bits per heavy atom. The monoisotopic (exact) mass is 215 g/mol. The predicted octanol–water partition coefficient (Wildman–Crippen LogP) is 2.89. The number of nitrogen functional groups attached to an aromatic ring is 1. The summed E-state index contributed by atoms with van der Waals surface area (Å²) in [6.45, 7) is 6.29. The van der Waals surface area contributed by atoms with Crippen LogP contribution in [0, 0.1) is 6.92 Å². The van der Waals surface area contributed by atoms with Gasteiger partial charge in [0.25, 0.3) is 0 Å². The van der Waals surface area contributed by atoms with Crippen molar-refractivity contribution in [2.45, 2.75) is 26.7 Å². The maximum Gasteiger partial charge on any atom is 0.0995 e. The third kappa shape index (κ3) is 1.94. The van der Waals surface area contributed by atoms with Gasteiger partial charge in [-0.3, -0.25) is 0 Å². The summed E-state index contributed by atoms with van der Waals surface area (Å²) in [6, 6.07) is 6.01. The fourth-order valence-corrected chi connectivity index (χ4v) is 1.60. The van der Waals surface area contributed by atoms with Gasteiger partial charge in [0.2, 0.25) is 0 Å². The van der Waals surface area contributed by atoms with Gasteiger partial charge in [0.05, 0.1) is 12.0 Å². The number of anilines is 1. The van der Waals surface area contributed by atoms with E-state index in [1.54, 1.807) is 0 Å². The number of nitrogens with zero attached hydrogens (tertiary/aromatic N) is 2. The third-order valence-corrected chi connectivity index (χ3v) is 2.75. The van der Waals surface area contributed by atoms with Crippen molar-refractivity contribution in [1.82, 2.24) is 9.55 Å². The number of nitrogens with two attached hydrogens (primary N) is 1. The zero-order valence-electron chi connectivity index (χ0n) is 9.94. The molecule has 0 saturated heterocycles. The minimum Gasteiger partial charge on any atom is -0.399 e. The minimum atomic E-state index is 0.455. The van der Waals surface area contributed by atoms with Crippen molar-refractivity contribution in [2.75, 3.05) is 5.73 Å². The normalized spacial score (nSPS) is 11.0. The molecule has 0 spiro atoms. The maximum atomic E-state index is 5.80. The van der Waals surface area contributed by atoms with Gasteiger partial charge in [-0.15, -0.1) is 0 Å². The number of rotatable bonds is 2. The summed E-state index contributed by atoms with van der Waals surface area (Å²) in [6.07, 6.45) is 3.91. The van der Waals surface area contributed by atoms with E-state index >= 15 is 0 Å². The SMILES string of the molecule is Cc1cc(-n2cnc(C(C)C)c2)ccc1N. The molecule has 1 aromatic carbocycles. The lowest BCUT2D eigenvalue weighted by Gasteiger charge is -2.05. The second kappa shape index (κ2) is 4.00. The van der Waals surface area contributed by atoms with Crippen LogP contribution in [0.1, 0.15) is 31.0 Å². The van der Waals surface area contributed by atoms with Crippen LogP contribution in [0.5, 0.6) is 0 Å². The average molecular weight is 215 g/mol. The molecule has 0 aliphatic rings. The Labute approximate surface area is 95.9 Å². The highest BCUT2D eigenvalue weighted by atomic mass is 15.0. The van der Waals surface area contributed by atoms with Crippen LogP contribution in [0.25, 0.3) is 5.69 Å². The van der Waals surface area contributed by atoms with E-state index in [0.29, 0.717) is 5.92 Å². The highest BCUT2D eigenvalue weighted by molar-refractivity contribution is 5.52. The van der Waals surface area contributed by atoms with E-state index in [2.05, 4.69) is 31.1 Å². The van der Waals surface area contributed by atoms with Crippen LogP contribution in [-0.4, -0.2) is 9.55 Å². The van der Waals surface area contributed by atoms with Gasteiger partial charge in [0.15, 0.2) is 0 Å². The molecule has 2 rings (SSSR count). The molecular weight excluding hydrogens is 198 g/mol. The molecule has 0 aliphatic heterocycles. The third-order valence-electron chi connectivity index (χ3n) is 2.75. The van der Waals surface area contributed by atoms with Crippen molar-refractivity contribution in [3.8, 4) is 5.69 Å². The lowest BCUT2D eigenvalue weighted by molar-refractivity contribution is 0.831. The van der Waals surface area contributed by atoms with E-state index in [1.807, 2.05) is 30.0 Å². The fraction of sp³-hybridized carbons (Fsp3) is 0.308. The van der Waals surface area contributed by atoms with Crippen molar-refractivity contribution in [2.24, 2.45) is 0 Å². The molecule has 0 saturated carbocycles. The average Bonchev–Trinajstić information content (AvgIpc) is 2.71. The van der Waals surface area contributed by atoms with Gasteiger partial charge in [-0.05, 0) is 36.6 Å². The summed E-state index contributed by atoms with van der Waals surface area (Å²) in [5.41, 5.74) is 9.93. The zero-order valence-corrected chi connectivity index (χ0v) is 9.94. The van der Waals surface area contributed by atoms with Gasteiger partial charge in [-0.25, -0.2) is 4.98 Å². The topological polar surface area (TPSA) is 43.8 Å². The van der Waals surface area contributed by atoms with E-state index in [-0.39, 0.29) is 0 Å². The Morgan fingerprint density at radius 2 is 2.06 bits per heavy atom. The molecule has 3 heteroatoms. The molecule has 0 radical (unpaired) electrons. The zero-order chi connectivity index (χ0) is 11.7. The molecule has 16 heavy (non-hydrogen) atoms. The van der Waals surface area contributed by atoms with Gasteiger partial charge >= 0.3 is 0 Å². The van der Waals surface area contributed by atoms with Crippen molar-refractivity contribution in [1.29, 1.82) is 0 Å². The van der Waals surface area contributed by atoms with Gasteiger partial charge in [0.1, 0.15) is 0 Å². The molecule has 0 bridgehead atoms. The summed E-state index contributed by atoms with van der Waals surface area (Å²) in [5, 5.41) is 0. The first kappa shape index (κ1) is 10.7. The van der Waals surface area contributed by atoms with Gasteiger partial charge in [-0.1, -0.05) is 13.8 Å². The first-order chi connectivity index (χ1) is 7.58. The molecule has 0 fully saturated rings. The number of aromatic nitrogens is 2. The largest absolute Gasteiger partial charge is 0.399 e. The first-order valence-electron chi connectivity index (χ1n) is 5.48. The van der Waals surface area contributed by atoms with Crippen molar-refractivity contribution in [3.63, 3.8) is 0 Å². The molecule has 0 aliphatic carbocycles. The first-order valence-corrected chi connectivity index (χ1v) is 5.48. The summed E-state index contributed by atoms with van der Waals surface area (Å²) < 4.78 is 2.03. The minimum absolute atomic E-state index is 0.455. The van der Waals surface area contributed by atoms with E-state index in [1.165, 1.54) is 0 Å². The molecule has 0 atom stereocenters. The Kier molecular flexibility index (Phi) is 2.69. The van der Waals surface area contributed by atoms with Crippen molar-refractivity contribution in [3.05, 3.63) is 42.0 Å². The molecule has 84 valence electrons. The summed E-state index contributed by atoms with van der Waals surface area (Å²) in [5.74, 6) is 0.455. The van der Waals surface area contributed by atoms with E-state index in [4.69, 9.17) is 5.73 Å². The number of hydrogen-bond acceptors (Lipinski definition) is 2. The van der Waals surface area contributed by atoms with Crippen LogP contribution in [0.2, 0.25) is 0 Å². The van der Waals surface area contributed by atoms with Crippen LogP contribution in [0.3, 0.4) is 0 Å². The molecule has 3 nitrogen and oxygen atoms in total. The number of aryl methyl sites for hydroxylation is 1. The standard InChI is InChI=1S/C13H17N3/c1-9(2)13-7-16(8-15-13)11-4-5-12(14)10(3)6-11/h4-9H,14H2,1-3H3. The Morgan fingerprint density at radius 3 is 2.62 bits per heavy atom. The molecule has 2 N–H and O–H groups in total. The van der Waals surface area contributed by atoms with Gasteiger partial charge in [-0.2, -0.15) is 0 Å². The number of benzene rings is 1. The second-order valence-electron chi connectivity index (χ2n) is 4.40. The summed E-state index contributed by atoms with van der Waals surface area (Å²) >= 11 is 0. The Hall–Kier alpha value is -1.77. The van der Waals surface area contributed by atoms with E-state index in [9.17, 15) is 0 Å². The Balaban J connectivity index is 2.39. The smallest absolute Gasteiger partial charge is 0.0995 e. The van der Waals surface area contributed by atoms with Crippen LogP contribution in [0.15, 0.2) is 30.7 Å². The van der Waals surface area contributed by atoms with Crippen molar-refractivity contribution < 1.29 is 0 Å². The highest BCUT2D eigenvalue weighted by Gasteiger charge is 2.05. The molecule has 1 heterocycles. The maximum absolute atomic E-state index is 5.80. The van der Waals surface area contributed by atoms with E-state index < -0.39 is 0 Å². The lowest BCUT2D eigenvalue weighted by Crippen LogP contribution is -1.94. The molecule has 1 aromatic heterocycles. The lowest BCUT2D eigenvalue weighted by atomic mass is 10.1. The number of hydrogen-bond donors (Lipinski definition) is 1. The predicted molar refractivity (Wildman–Crippen MR) is 66.8 cm³/mol. The van der Waals surface area contributed by atoms with E-state index in [0.717, 1.165) is 22.6 Å². The Bertz CT molecular complexity index is 498. The molecular formula is C13H17N3. The summed E-state index contributed by atoms with van der Waals surface area (Å²) in [7, 11) is 0. The highest BCUT2D eigenvalue weighted by Crippen LogP contribution is 2.18. The fourth-order valence-electron chi connectivity index (χ4n) is 1.60. The van der Waals surface area contributed by atoms with Gasteiger partial charge in [0, 0.05) is 17.6 Å². The van der Waals surface area contributed by atoms with Crippen LogP contribution >= 0.6 is 0 Å². The van der Waals surface area contributed by atoms with Crippen LogP contribution in [-0.2, 0) is 0 Å². The van der Waals surface area contributed by atoms with Gasteiger partial charge < -0.3 is 10.3 Å². The summed E-state index contributed by atoms with van der Waals surface area (Å²) in [4.78, 5) is 4.38. The molecule has 0 unspecified atom stereocenters. The molecule has 2 aromatic rings. The molecule has 0 amide bonds. The number of imidazole rings is 1. The van der Waals surface area contributed by atoms with Crippen LogP contribution in [0.4, 0.5) is 5.69 Å². The second-order valence-corrected chi connectivity index (χ2v) is 4.40. The quantitative estimate of drug-likeness (QED) is 0.783. The van der Waals surface area contributed by atoms with Crippen molar-refractivity contribution >= 4 is 5.69 Å².